The van der Waals surface area contributed by atoms with E-state index in [1.165, 1.54) is 17.3 Å². The lowest BCUT2D eigenvalue weighted by Gasteiger charge is -2.12. The van der Waals surface area contributed by atoms with E-state index < -0.39 is 6.10 Å². The molecule has 7 heteroatoms. The van der Waals surface area contributed by atoms with E-state index in [0.717, 1.165) is 23.9 Å². The zero-order chi connectivity index (χ0) is 19.8. The highest BCUT2D eigenvalue weighted by molar-refractivity contribution is 7.99. The molecule has 0 saturated heterocycles. The predicted octanol–water partition coefficient (Wildman–Crippen LogP) is 3.29. The maximum atomic E-state index is 10.2. The number of nitrogens with zero attached hydrogens (tertiary/aromatic N) is 4. The van der Waals surface area contributed by atoms with Gasteiger partial charge in [-0.1, -0.05) is 42.1 Å². The van der Waals surface area contributed by atoms with Gasteiger partial charge in [-0.15, -0.1) is 10.2 Å². The average molecular weight is 395 g/mol. The molecule has 0 saturated carbocycles. The molecule has 0 amide bonds. The van der Waals surface area contributed by atoms with Gasteiger partial charge in [-0.05, 0) is 36.8 Å². The number of aliphatic hydroxyl groups excluding tert-OH is 1. The molecule has 1 atom stereocenters. The highest BCUT2D eigenvalue weighted by atomic mass is 32.2. The van der Waals surface area contributed by atoms with Crippen LogP contribution in [0.2, 0.25) is 0 Å². The van der Waals surface area contributed by atoms with Crippen molar-refractivity contribution in [2.45, 2.75) is 31.1 Å². The van der Waals surface area contributed by atoms with E-state index in [2.05, 4.69) is 39.9 Å². The van der Waals surface area contributed by atoms with Crippen molar-refractivity contribution < 1.29 is 9.84 Å². The van der Waals surface area contributed by atoms with E-state index in [-0.39, 0.29) is 6.61 Å². The summed E-state index contributed by atoms with van der Waals surface area (Å²) in [6.07, 6.45) is 0.0901. The molecule has 144 valence electrons. The molecule has 2 aromatic carbocycles. The maximum Gasteiger partial charge on any atom is 0.191 e. The molecule has 1 N–H and O–H groups in total. The standard InChI is InChI=1S/C21H22N4O2S/c1-2-25-20(12-16-6-4-3-5-7-16)23-24-21(25)28-15-18(26)14-27-19-10-8-17(13-22)9-11-19/h3-11,18,26H,2,12,14-15H2,1H3. The lowest BCUT2D eigenvalue weighted by molar-refractivity contribution is 0.126. The lowest BCUT2D eigenvalue weighted by Crippen LogP contribution is -2.20. The largest absolute Gasteiger partial charge is 0.491 e. The zero-order valence-electron chi connectivity index (χ0n) is 15.7. The molecule has 0 fully saturated rings. The number of aromatic nitrogens is 3. The Bertz CT molecular complexity index is 920. The number of benzene rings is 2. The van der Waals surface area contributed by atoms with Gasteiger partial charge in [0.15, 0.2) is 5.16 Å². The molecule has 0 aliphatic carbocycles. The van der Waals surface area contributed by atoms with Crippen LogP contribution in [0.1, 0.15) is 23.9 Å². The number of thioether (sulfide) groups is 1. The summed E-state index contributed by atoms with van der Waals surface area (Å²) in [7, 11) is 0. The third-order valence-electron chi connectivity index (χ3n) is 4.15. The molecule has 0 spiro atoms. The van der Waals surface area contributed by atoms with Crippen molar-refractivity contribution in [3.63, 3.8) is 0 Å². The Morgan fingerprint density at radius 2 is 1.89 bits per heavy atom. The number of nitriles is 1. The summed E-state index contributed by atoms with van der Waals surface area (Å²) in [4.78, 5) is 0. The second-order valence-electron chi connectivity index (χ2n) is 6.22. The van der Waals surface area contributed by atoms with Crippen LogP contribution in [0, 0.1) is 11.3 Å². The molecule has 3 aromatic rings. The third kappa shape index (κ3) is 5.35. The Balaban J connectivity index is 1.52. The SMILES string of the molecule is CCn1c(Cc2ccccc2)nnc1SCC(O)COc1ccc(C#N)cc1. The van der Waals surface area contributed by atoms with Gasteiger partial charge in [-0.25, -0.2) is 0 Å². The van der Waals surface area contributed by atoms with Crippen LogP contribution in [-0.2, 0) is 13.0 Å². The van der Waals surface area contributed by atoms with Crippen molar-refractivity contribution in [2.75, 3.05) is 12.4 Å². The molecule has 0 bridgehead atoms. The highest BCUT2D eigenvalue weighted by Crippen LogP contribution is 2.20. The van der Waals surface area contributed by atoms with Crippen LogP contribution in [0.4, 0.5) is 0 Å². The lowest BCUT2D eigenvalue weighted by atomic mass is 10.1. The average Bonchev–Trinajstić information content (AvgIpc) is 3.13. The Morgan fingerprint density at radius 3 is 2.57 bits per heavy atom. The van der Waals surface area contributed by atoms with Crippen molar-refractivity contribution in [1.82, 2.24) is 14.8 Å². The van der Waals surface area contributed by atoms with Crippen LogP contribution in [0.3, 0.4) is 0 Å². The summed E-state index contributed by atoms with van der Waals surface area (Å²) in [5.74, 6) is 2.00. The zero-order valence-corrected chi connectivity index (χ0v) is 16.5. The number of rotatable bonds is 9. The van der Waals surface area contributed by atoms with E-state index in [0.29, 0.717) is 17.1 Å². The van der Waals surface area contributed by atoms with E-state index in [1.54, 1.807) is 24.3 Å². The van der Waals surface area contributed by atoms with Crippen LogP contribution < -0.4 is 4.74 Å². The Kier molecular flexibility index (Phi) is 7.06. The van der Waals surface area contributed by atoms with Crippen molar-refractivity contribution in [3.8, 4) is 11.8 Å². The summed E-state index contributed by atoms with van der Waals surface area (Å²) in [5.41, 5.74) is 1.77. The molecular formula is C21H22N4O2S. The van der Waals surface area contributed by atoms with Crippen LogP contribution in [-0.4, -0.2) is 38.3 Å². The van der Waals surface area contributed by atoms with Gasteiger partial charge in [-0.2, -0.15) is 5.26 Å². The molecule has 1 heterocycles. The highest BCUT2D eigenvalue weighted by Gasteiger charge is 2.14. The van der Waals surface area contributed by atoms with E-state index >= 15 is 0 Å². The first-order valence-corrected chi connectivity index (χ1v) is 10.1. The van der Waals surface area contributed by atoms with Crippen LogP contribution in [0.25, 0.3) is 0 Å². The number of ether oxygens (including phenoxy) is 1. The number of hydrogen-bond acceptors (Lipinski definition) is 6. The molecule has 1 aromatic heterocycles. The van der Waals surface area contributed by atoms with Gasteiger partial charge in [0.05, 0.1) is 17.7 Å². The van der Waals surface area contributed by atoms with Gasteiger partial charge in [-0.3, -0.25) is 0 Å². The van der Waals surface area contributed by atoms with E-state index in [1.807, 2.05) is 18.2 Å². The number of aliphatic hydroxyl groups is 1. The fourth-order valence-corrected chi connectivity index (χ4v) is 3.62. The molecule has 28 heavy (non-hydrogen) atoms. The Morgan fingerprint density at radius 1 is 1.14 bits per heavy atom. The van der Waals surface area contributed by atoms with Gasteiger partial charge >= 0.3 is 0 Å². The normalized spacial score (nSPS) is 11.8. The first-order chi connectivity index (χ1) is 13.7. The molecule has 6 nitrogen and oxygen atoms in total. The third-order valence-corrected chi connectivity index (χ3v) is 5.26. The Hall–Kier alpha value is -2.82. The Labute approximate surface area is 168 Å². The van der Waals surface area contributed by atoms with Crippen LogP contribution in [0.15, 0.2) is 59.8 Å². The molecule has 0 radical (unpaired) electrons. The molecule has 0 aliphatic rings. The topological polar surface area (TPSA) is 84.0 Å². The van der Waals surface area contributed by atoms with Gasteiger partial charge in [0.2, 0.25) is 0 Å². The monoisotopic (exact) mass is 394 g/mol. The van der Waals surface area contributed by atoms with Crippen molar-refractivity contribution in [3.05, 3.63) is 71.5 Å². The summed E-state index contributed by atoms with van der Waals surface area (Å²) in [5, 5.41) is 28.4. The minimum atomic E-state index is -0.639. The second-order valence-corrected chi connectivity index (χ2v) is 7.20. The maximum absolute atomic E-state index is 10.2. The van der Waals surface area contributed by atoms with Crippen LogP contribution >= 0.6 is 11.8 Å². The fourth-order valence-electron chi connectivity index (χ4n) is 2.69. The van der Waals surface area contributed by atoms with E-state index in [9.17, 15) is 5.11 Å². The first kappa shape index (κ1) is 19.9. The van der Waals surface area contributed by atoms with Crippen molar-refractivity contribution >= 4 is 11.8 Å². The van der Waals surface area contributed by atoms with Crippen molar-refractivity contribution in [1.29, 1.82) is 5.26 Å². The summed E-state index contributed by atoms with van der Waals surface area (Å²) < 4.78 is 7.66. The van der Waals surface area contributed by atoms with E-state index in [4.69, 9.17) is 10.00 Å². The summed E-state index contributed by atoms with van der Waals surface area (Å²) >= 11 is 1.47. The molecule has 1 unspecified atom stereocenters. The molecule has 0 aliphatic heterocycles. The van der Waals surface area contributed by atoms with Gasteiger partial charge in [0.25, 0.3) is 0 Å². The fraction of sp³-hybridized carbons (Fsp3) is 0.286. The quantitative estimate of drug-likeness (QED) is 0.561. The first-order valence-electron chi connectivity index (χ1n) is 9.09. The van der Waals surface area contributed by atoms with Crippen molar-refractivity contribution in [2.24, 2.45) is 0 Å². The minimum absolute atomic E-state index is 0.177. The molecular weight excluding hydrogens is 372 g/mol. The van der Waals surface area contributed by atoms with Gasteiger partial charge < -0.3 is 14.4 Å². The number of hydrogen-bond donors (Lipinski definition) is 1. The van der Waals surface area contributed by atoms with Gasteiger partial charge in [0, 0.05) is 18.7 Å². The summed E-state index contributed by atoms with van der Waals surface area (Å²) in [6.45, 7) is 3.01. The second kappa shape index (κ2) is 9.93. The summed E-state index contributed by atoms with van der Waals surface area (Å²) in [6, 6.07) is 19.1. The predicted molar refractivity (Wildman–Crippen MR) is 108 cm³/mol. The molecule has 3 rings (SSSR count). The minimum Gasteiger partial charge on any atom is -0.491 e. The van der Waals surface area contributed by atoms with Gasteiger partial charge in [0.1, 0.15) is 18.2 Å². The smallest absolute Gasteiger partial charge is 0.191 e. The van der Waals surface area contributed by atoms with Crippen LogP contribution in [0.5, 0.6) is 5.75 Å².